The van der Waals surface area contributed by atoms with Crippen LogP contribution in [-0.4, -0.2) is 83.6 Å². The molecule has 0 N–H and O–H groups in total. The Morgan fingerprint density at radius 2 is 2.12 bits per heavy atom. The maximum atomic E-state index is 13.4. The molecule has 1 aromatic rings. The lowest BCUT2D eigenvalue weighted by Crippen LogP contribution is -2.68. The van der Waals surface area contributed by atoms with Crippen LogP contribution >= 0.6 is 0 Å². The fourth-order valence-electron chi connectivity index (χ4n) is 4.57. The van der Waals surface area contributed by atoms with Gasteiger partial charge in [-0.15, -0.1) is 0 Å². The zero-order chi connectivity index (χ0) is 17.3. The zero-order valence-electron chi connectivity index (χ0n) is 15.1. The molecule has 0 aliphatic carbocycles. The molecule has 4 heterocycles. The molecule has 0 unspecified atom stereocenters. The normalized spacial score (nSPS) is 28.0. The number of carbonyl (C=O) groups excluding carboxylic acids is 1. The highest BCUT2D eigenvalue weighted by molar-refractivity contribution is 5.87. The first-order valence-electron chi connectivity index (χ1n) is 9.40. The quantitative estimate of drug-likeness (QED) is 0.818. The molecule has 4 rings (SSSR count). The predicted octanol–water partition coefficient (Wildman–Crippen LogP) is 0.979. The number of hydrogen-bond donors (Lipinski definition) is 0. The Morgan fingerprint density at radius 3 is 2.80 bits per heavy atom. The van der Waals surface area contributed by atoms with Gasteiger partial charge < -0.3 is 9.64 Å². The van der Waals surface area contributed by atoms with Crippen molar-refractivity contribution in [2.24, 2.45) is 0 Å². The highest BCUT2D eigenvalue weighted by atomic mass is 16.5. The lowest BCUT2D eigenvalue weighted by molar-refractivity contribution is -0.155. The van der Waals surface area contributed by atoms with Crippen LogP contribution in [0.4, 0.5) is 0 Å². The SMILES string of the molecule is CN1CCN(Cc2cccnc2)C(=O)C12CCN([C@@H]1CCOC1)CC2. The molecule has 0 aromatic carbocycles. The summed E-state index contributed by atoms with van der Waals surface area (Å²) >= 11 is 0. The molecule has 6 nitrogen and oxygen atoms in total. The number of likely N-dealkylation sites (tertiary alicyclic amines) is 1. The van der Waals surface area contributed by atoms with Crippen LogP contribution in [-0.2, 0) is 16.1 Å². The Bertz CT molecular complexity index is 595. The summed E-state index contributed by atoms with van der Waals surface area (Å²) in [6.07, 6.45) is 6.61. The number of amides is 1. The number of pyridine rings is 1. The van der Waals surface area contributed by atoms with Crippen LogP contribution in [0.5, 0.6) is 0 Å². The van der Waals surface area contributed by atoms with E-state index in [0.717, 1.165) is 64.2 Å². The van der Waals surface area contributed by atoms with E-state index in [-0.39, 0.29) is 5.54 Å². The summed E-state index contributed by atoms with van der Waals surface area (Å²) in [6, 6.07) is 4.54. The molecule has 1 aromatic heterocycles. The van der Waals surface area contributed by atoms with Crippen LogP contribution in [0.3, 0.4) is 0 Å². The number of carbonyl (C=O) groups is 1. The standard InChI is InChI=1S/C19H28N4O2/c1-21-10-11-23(14-16-3-2-7-20-13-16)18(24)19(21)5-8-22(9-6-19)17-4-12-25-15-17/h2-3,7,13,17H,4-6,8-12,14-15H2,1H3/t17-/m1/s1. The lowest BCUT2D eigenvalue weighted by atomic mass is 9.82. The minimum Gasteiger partial charge on any atom is -0.380 e. The molecular weight excluding hydrogens is 316 g/mol. The van der Waals surface area contributed by atoms with Crippen molar-refractivity contribution in [1.82, 2.24) is 19.7 Å². The van der Waals surface area contributed by atoms with Crippen LogP contribution in [0.15, 0.2) is 24.5 Å². The molecule has 3 aliphatic heterocycles. The average molecular weight is 344 g/mol. The molecule has 1 amide bonds. The summed E-state index contributed by atoms with van der Waals surface area (Å²) in [4.78, 5) is 24.4. The van der Waals surface area contributed by atoms with Gasteiger partial charge in [0.2, 0.25) is 5.91 Å². The molecule has 0 bridgehead atoms. The smallest absolute Gasteiger partial charge is 0.243 e. The van der Waals surface area contributed by atoms with Crippen LogP contribution in [0.2, 0.25) is 0 Å². The van der Waals surface area contributed by atoms with Crippen molar-refractivity contribution in [3.63, 3.8) is 0 Å². The van der Waals surface area contributed by atoms with E-state index < -0.39 is 0 Å². The first-order chi connectivity index (χ1) is 12.2. The number of aromatic nitrogens is 1. The van der Waals surface area contributed by atoms with E-state index in [4.69, 9.17) is 4.74 Å². The lowest BCUT2D eigenvalue weighted by Gasteiger charge is -2.52. The predicted molar refractivity (Wildman–Crippen MR) is 95.0 cm³/mol. The largest absolute Gasteiger partial charge is 0.380 e. The highest BCUT2D eigenvalue weighted by Gasteiger charge is 2.49. The van der Waals surface area contributed by atoms with E-state index in [0.29, 0.717) is 18.5 Å². The minimum atomic E-state index is -0.323. The van der Waals surface area contributed by atoms with E-state index in [1.807, 2.05) is 23.2 Å². The highest BCUT2D eigenvalue weighted by Crippen LogP contribution is 2.34. The molecule has 1 atom stereocenters. The van der Waals surface area contributed by atoms with Crippen LogP contribution in [0.1, 0.15) is 24.8 Å². The fourth-order valence-corrected chi connectivity index (χ4v) is 4.57. The number of piperidine rings is 1. The van der Waals surface area contributed by atoms with Crippen molar-refractivity contribution in [1.29, 1.82) is 0 Å². The van der Waals surface area contributed by atoms with E-state index in [9.17, 15) is 4.79 Å². The van der Waals surface area contributed by atoms with Gasteiger partial charge >= 0.3 is 0 Å². The fraction of sp³-hybridized carbons (Fsp3) is 0.684. The Morgan fingerprint density at radius 1 is 1.28 bits per heavy atom. The number of hydrogen-bond acceptors (Lipinski definition) is 5. The van der Waals surface area contributed by atoms with Gasteiger partial charge in [-0.05, 0) is 37.9 Å². The van der Waals surface area contributed by atoms with Crippen molar-refractivity contribution in [3.8, 4) is 0 Å². The van der Waals surface area contributed by atoms with Crippen LogP contribution in [0, 0.1) is 0 Å². The Labute approximate surface area is 149 Å². The summed E-state index contributed by atoms with van der Waals surface area (Å²) in [7, 11) is 2.12. The maximum absolute atomic E-state index is 13.4. The van der Waals surface area contributed by atoms with E-state index >= 15 is 0 Å². The monoisotopic (exact) mass is 344 g/mol. The number of likely N-dealkylation sites (N-methyl/N-ethyl adjacent to an activating group) is 1. The third kappa shape index (κ3) is 3.18. The number of rotatable bonds is 3. The van der Waals surface area contributed by atoms with Crippen molar-refractivity contribution < 1.29 is 9.53 Å². The van der Waals surface area contributed by atoms with Gasteiger partial charge in [0.1, 0.15) is 5.54 Å². The van der Waals surface area contributed by atoms with Crippen molar-refractivity contribution in [2.75, 3.05) is 46.4 Å². The van der Waals surface area contributed by atoms with Crippen molar-refractivity contribution in [2.45, 2.75) is 37.4 Å². The van der Waals surface area contributed by atoms with Crippen molar-refractivity contribution in [3.05, 3.63) is 30.1 Å². The number of ether oxygens (including phenoxy) is 1. The summed E-state index contributed by atoms with van der Waals surface area (Å²) in [5.41, 5.74) is 0.784. The Hall–Kier alpha value is -1.50. The number of piperazine rings is 1. The molecule has 25 heavy (non-hydrogen) atoms. The second-order valence-electron chi connectivity index (χ2n) is 7.59. The van der Waals surface area contributed by atoms with Gasteiger partial charge in [-0.2, -0.15) is 0 Å². The molecule has 3 fully saturated rings. The molecule has 0 radical (unpaired) electrons. The molecule has 3 saturated heterocycles. The zero-order valence-corrected chi connectivity index (χ0v) is 15.1. The van der Waals surface area contributed by atoms with Gasteiger partial charge in [0.05, 0.1) is 6.61 Å². The van der Waals surface area contributed by atoms with Gasteiger partial charge in [-0.3, -0.25) is 19.6 Å². The molecular formula is C19H28N4O2. The topological polar surface area (TPSA) is 48.9 Å². The maximum Gasteiger partial charge on any atom is 0.243 e. The van der Waals surface area contributed by atoms with Gasteiger partial charge in [0, 0.05) is 57.8 Å². The summed E-state index contributed by atoms with van der Waals surface area (Å²) in [5.74, 6) is 0.299. The van der Waals surface area contributed by atoms with Gasteiger partial charge in [-0.1, -0.05) is 6.07 Å². The van der Waals surface area contributed by atoms with Gasteiger partial charge in [0.15, 0.2) is 0 Å². The molecule has 136 valence electrons. The molecule has 3 aliphatic rings. The average Bonchev–Trinajstić information content (AvgIpc) is 3.19. The van der Waals surface area contributed by atoms with E-state index in [1.54, 1.807) is 6.20 Å². The molecule has 1 spiro atoms. The van der Waals surface area contributed by atoms with Gasteiger partial charge in [0.25, 0.3) is 0 Å². The van der Waals surface area contributed by atoms with E-state index in [1.165, 1.54) is 0 Å². The minimum absolute atomic E-state index is 0.299. The van der Waals surface area contributed by atoms with Crippen molar-refractivity contribution >= 4 is 5.91 Å². The van der Waals surface area contributed by atoms with Crippen LogP contribution in [0.25, 0.3) is 0 Å². The Balaban J connectivity index is 1.45. The summed E-state index contributed by atoms with van der Waals surface area (Å²) in [5, 5.41) is 0. The first-order valence-corrected chi connectivity index (χ1v) is 9.40. The Kier molecular flexibility index (Phi) is 4.75. The second kappa shape index (κ2) is 7.02. The summed E-state index contributed by atoms with van der Waals surface area (Å²) < 4.78 is 5.54. The molecule has 0 saturated carbocycles. The van der Waals surface area contributed by atoms with E-state index in [2.05, 4.69) is 21.8 Å². The second-order valence-corrected chi connectivity index (χ2v) is 7.59. The van der Waals surface area contributed by atoms with Gasteiger partial charge in [-0.25, -0.2) is 0 Å². The third-order valence-electron chi connectivity index (χ3n) is 6.26. The number of nitrogens with zero attached hydrogens (tertiary/aromatic N) is 4. The first kappa shape index (κ1) is 16.9. The molecule has 6 heteroatoms. The third-order valence-corrected chi connectivity index (χ3v) is 6.26. The van der Waals surface area contributed by atoms with Crippen LogP contribution < -0.4 is 0 Å². The summed E-state index contributed by atoms with van der Waals surface area (Å²) in [6.45, 7) is 6.12.